The van der Waals surface area contributed by atoms with Gasteiger partial charge in [-0.05, 0) is 38.2 Å². The molecule has 0 aromatic carbocycles. The Bertz CT molecular complexity index is 323. The smallest absolute Gasteiger partial charge is 0.306 e. The monoisotopic (exact) mass is 312 g/mol. The molecule has 0 aliphatic carbocycles. The largest absolute Gasteiger partial charge is 0.481 e. The van der Waals surface area contributed by atoms with Crippen molar-refractivity contribution in [3.05, 3.63) is 12.2 Å². The Morgan fingerprint density at radius 1 is 1.05 bits per heavy atom. The molecule has 0 aromatic rings. The van der Waals surface area contributed by atoms with Crippen LogP contribution in [0.1, 0.15) is 84.5 Å². The lowest BCUT2D eigenvalue weighted by atomic mass is 10.1. The van der Waals surface area contributed by atoms with E-state index in [4.69, 9.17) is 9.84 Å². The number of carbonyl (C=O) groups excluding carboxylic acids is 1. The molecule has 22 heavy (non-hydrogen) atoms. The maximum absolute atomic E-state index is 11.4. The molecule has 0 bridgehead atoms. The summed E-state index contributed by atoms with van der Waals surface area (Å²) >= 11 is 0. The number of carbonyl (C=O) groups is 2. The van der Waals surface area contributed by atoms with Crippen molar-refractivity contribution in [2.75, 3.05) is 0 Å². The molecule has 0 amide bonds. The summed E-state index contributed by atoms with van der Waals surface area (Å²) < 4.78 is 5.43. The van der Waals surface area contributed by atoms with Gasteiger partial charge in [-0.2, -0.15) is 0 Å². The Hall–Kier alpha value is -1.32. The summed E-state index contributed by atoms with van der Waals surface area (Å²) in [6.45, 7) is 3.98. The molecule has 1 atom stereocenters. The summed E-state index contributed by atoms with van der Waals surface area (Å²) in [5.41, 5.74) is 0. The van der Waals surface area contributed by atoms with Crippen LogP contribution in [0.3, 0.4) is 0 Å². The molecule has 128 valence electrons. The highest BCUT2D eigenvalue weighted by molar-refractivity contribution is 5.69. The van der Waals surface area contributed by atoms with E-state index in [0.717, 1.165) is 38.5 Å². The molecule has 0 saturated heterocycles. The molecule has 0 aliphatic rings. The number of esters is 1. The first kappa shape index (κ1) is 20.7. The van der Waals surface area contributed by atoms with Crippen LogP contribution in [0.4, 0.5) is 0 Å². The first-order valence-corrected chi connectivity index (χ1v) is 8.68. The fourth-order valence-electron chi connectivity index (χ4n) is 2.18. The molecule has 0 saturated carbocycles. The van der Waals surface area contributed by atoms with Gasteiger partial charge >= 0.3 is 11.9 Å². The van der Waals surface area contributed by atoms with E-state index in [-0.39, 0.29) is 18.5 Å². The van der Waals surface area contributed by atoms with E-state index in [9.17, 15) is 9.59 Å². The fraction of sp³-hybridized carbons (Fsp3) is 0.778. The van der Waals surface area contributed by atoms with Crippen molar-refractivity contribution >= 4 is 11.9 Å². The maximum Gasteiger partial charge on any atom is 0.306 e. The molecule has 0 aromatic heterocycles. The molecular weight excluding hydrogens is 280 g/mol. The lowest BCUT2D eigenvalue weighted by molar-refractivity contribution is -0.146. The van der Waals surface area contributed by atoms with Crippen molar-refractivity contribution in [2.24, 2.45) is 0 Å². The Morgan fingerprint density at radius 3 is 2.41 bits per heavy atom. The molecular formula is C18H32O4. The van der Waals surface area contributed by atoms with Crippen molar-refractivity contribution < 1.29 is 19.4 Å². The average molecular weight is 312 g/mol. The minimum Gasteiger partial charge on any atom is -0.481 e. The van der Waals surface area contributed by atoms with Crippen LogP contribution in [0, 0.1) is 0 Å². The Morgan fingerprint density at radius 2 is 1.77 bits per heavy atom. The van der Waals surface area contributed by atoms with Gasteiger partial charge in [-0.1, -0.05) is 45.6 Å². The SMILES string of the molecule is CCCCC/C=C\C(CCCCCCC(=O)O)OC(=O)CC. The van der Waals surface area contributed by atoms with Gasteiger partial charge in [0.05, 0.1) is 0 Å². The molecule has 0 aliphatic heterocycles. The molecule has 0 fully saturated rings. The number of rotatable bonds is 14. The van der Waals surface area contributed by atoms with Gasteiger partial charge in [-0.3, -0.25) is 9.59 Å². The molecule has 0 heterocycles. The standard InChI is InChI=1S/C18H32O4/c1-3-5-6-7-10-13-16(22-18(21)4-2)14-11-8-9-12-15-17(19)20/h10,13,16H,3-9,11-12,14-15H2,1-2H3,(H,19,20)/b13-10-. The van der Waals surface area contributed by atoms with Gasteiger partial charge in [-0.15, -0.1) is 0 Å². The van der Waals surface area contributed by atoms with Crippen molar-refractivity contribution in [3.63, 3.8) is 0 Å². The van der Waals surface area contributed by atoms with Crippen molar-refractivity contribution in [1.82, 2.24) is 0 Å². The van der Waals surface area contributed by atoms with Crippen molar-refractivity contribution in [3.8, 4) is 0 Å². The summed E-state index contributed by atoms with van der Waals surface area (Å²) in [5.74, 6) is -0.890. The topological polar surface area (TPSA) is 63.6 Å². The molecule has 4 heteroatoms. The zero-order valence-corrected chi connectivity index (χ0v) is 14.2. The molecule has 0 spiro atoms. The third-order valence-electron chi connectivity index (χ3n) is 3.53. The third kappa shape index (κ3) is 13.7. The second-order valence-corrected chi connectivity index (χ2v) is 5.65. The van der Waals surface area contributed by atoms with Crippen LogP contribution in [0.15, 0.2) is 12.2 Å². The average Bonchev–Trinajstić information content (AvgIpc) is 2.49. The second kappa shape index (κ2) is 14.6. The van der Waals surface area contributed by atoms with Crippen LogP contribution in [0.5, 0.6) is 0 Å². The fourth-order valence-corrected chi connectivity index (χ4v) is 2.18. The number of ether oxygens (including phenoxy) is 1. The number of carboxylic acids is 1. The Labute approximate surface area is 134 Å². The van der Waals surface area contributed by atoms with E-state index in [1.54, 1.807) is 6.92 Å². The van der Waals surface area contributed by atoms with Crippen molar-refractivity contribution in [1.29, 1.82) is 0 Å². The van der Waals surface area contributed by atoms with Crippen LogP contribution in [-0.2, 0) is 14.3 Å². The highest BCUT2D eigenvalue weighted by atomic mass is 16.5. The predicted octanol–water partition coefficient (Wildman–Crippen LogP) is 4.87. The number of unbranched alkanes of at least 4 members (excludes halogenated alkanes) is 6. The Balaban J connectivity index is 3.96. The summed E-state index contributed by atoms with van der Waals surface area (Å²) in [6.07, 6.45) is 13.7. The van der Waals surface area contributed by atoms with Gasteiger partial charge in [0.2, 0.25) is 0 Å². The van der Waals surface area contributed by atoms with E-state index < -0.39 is 5.97 Å². The van der Waals surface area contributed by atoms with Crippen molar-refractivity contribution in [2.45, 2.75) is 90.6 Å². The first-order chi connectivity index (χ1) is 10.6. The van der Waals surface area contributed by atoms with Crippen LogP contribution >= 0.6 is 0 Å². The summed E-state index contributed by atoms with van der Waals surface area (Å²) in [7, 11) is 0. The lowest BCUT2D eigenvalue weighted by Gasteiger charge is -2.14. The molecule has 0 rings (SSSR count). The summed E-state index contributed by atoms with van der Waals surface area (Å²) in [5, 5.41) is 8.58. The van der Waals surface area contributed by atoms with Gasteiger partial charge in [0.15, 0.2) is 0 Å². The summed E-state index contributed by atoms with van der Waals surface area (Å²) in [6, 6.07) is 0. The van der Waals surface area contributed by atoms with E-state index in [1.165, 1.54) is 19.3 Å². The molecule has 0 radical (unpaired) electrons. The van der Waals surface area contributed by atoms with Gasteiger partial charge in [0.1, 0.15) is 6.10 Å². The van der Waals surface area contributed by atoms with Gasteiger partial charge in [0.25, 0.3) is 0 Å². The number of hydrogen-bond acceptors (Lipinski definition) is 3. The van der Waals surface area contributed by atoms with E-state index in [1.807, 2.05) is 6.08 Å². The van der Waals surface area contributed by atoms with Gasteiger partial charge < -0.3 is 9.84 Å². The van der Waals surface area contributed by atoms with E-state index in [2.05, 4.69) is 13.0 Å². The minimum absolute atomic E-state index is 0.131. The Kier molecular flexibility index (Phi) is 13.7. The van der Waals surface area contributed by atoms with Crippen LogP contribution < -0.4 is 0 Å². The molecule has 1 unspecified atom stereocenters. The highest BCUT2D eigenvalue weighted by Gasteiger charge is 2.09. The lowest BCUT2D eigenvalue weighted by Crippen LogP contribution is -2.15. The third-order valence-corrected chi connectivity index (χ3v) is 3.53. The molecule has 4 nitrogen and oxygen atoms in total. The number of aliphatic carboxylic acids is 1. The zero-order chi connectivity index (χ0) is 16.6. The summed E-state index contributed by atoms with van der Waals surface area (Å²) in [4.78, 5) is 21.9. The number of hydrogen-bond donors (Lipinski definition) is 1. The normalized spacial score (nSPS) is 12.5. The second-order valence-electron chi connectivity index (χ2n) is 5.65. The predicted molar refractivity (Wildman–Crippen MR) is 88.8 cm³/mol. The van der Waals surface area contributed by atoms with Crippen LogP contribution in [0.2, 0.25) is 0 Å². The zero-order valence-electron chi connectivity index (χ0n) is 14.2. The van der Waals surface area contributed by atoms with Gasteiger partial charge in [0, 0.05) is 12.8 Å². The quantitative estimate of drug-likeness (QED) is 0.282. The number of carboxylic acid groups (broad SMARTS) is 1. The first-order valence-electron chi connectivity index (χ1n) is 8.68. The molecule has 1 N–H and O–H groups in total. The minimum atomic E-state index is -0.732. The van der Waals surface area contributed by atoms with E-state index in [0.29, 0.717) is 6.42 Å². The van der Waals surface area contributed by atoms with E-state index >= 15 is 0 Å². The number of allylic oxidation sites excluding steroid dienone is 1. The van der Waals surface area contributed by atoms with Gasteiger partial charge in [-0.25, -0.2) is 0 Å². The highest BCUT2D eigenvalue weighted by Crippen LogP contribution is 2.12. The maximum atomic E-state index is 11.4. The van der Waals surface area contributed by atoms with Crippen LogP contribution in [-0.4, -0.2) is 23.1 Å². The van der Waals surface area contributed by atoms with Crippen LogP contribution in [0.25, 0.3) is 0 Å².